The molecule has 1 nitrogen and oxygen atoms in total. The number of hydrogen-bond donors (Lipinski definition) is 0. The molecular weight excluding hydrogens is 136 g/mol. The van der Waals surface area contributed by atoms with Crippen molar-refractivity contribution in [1.29, 1.82) is 0 Å². The molecule has 1 aromatic carbocycles. The summed E-state index contributed by atoms with van der Waals surface area (Å²) >= 11 is 0. The van der Waals surface area contributed by atoms with Gasteiger partial charge < -0.3 is 4.74 Å². The zero-order valence-electron chi connectivity index (χ0n) is 6.76. The first-order valence-corrected chi connectivity index (χ1v) is 4.00. The molecule has 1 aromatic rings. The molecule has 0 saturated heterocycles. The minimum Gasteiger partial charge on any atom is -0.380 e. The first-order chi connectivity index (χ1) is 5.40. The largest absolute Gasteiger partial charge is 0.380 e. The van der Waals surface area contributed by atoms with E-state index < -0.39 is 0 Å². The van der Waals surface area contributed by atoms with Crippen molar-refractivity contribution in [2.75, 3.05) is 7.11 Å². The molecule has 0 aromatic heterocycles. The Morgan fingerprint density at radius 1 is 1.27 bits per heavy atom. The maximum absolute atomic E-state index is 5.05. The van der Waals surface area contributed by atoms with Crippen molar-refractivity contribution < 1.29 is 4.74 Å². The van der Waals surface area contributed by atoms with Gasteiger partial charge in [0, 0.05) is 7.11 Å². The van der Waals surface area contributed by atoms with Gasteiger partial charge in [0.05, 0.1) is 6.61 Å². The van der Waals surface area contributed by atoms with E-state index in [1.54, 1.807) is 7.11 Å². The lowest BCUT2D eigenvalue weighted by atomic mass is 9.87. The number of hydrogen-bond acceptors (Lipinski definition) is 1. The van der Waals surface area contributed by atoms with Crippen molar-refractivity contribution >= 4 is 0 Å². The van der Waals surface area contributed by atoms with Gasteiger partial charge in [-0.15, -0.1) is 0 Å². The second-order valence-corrected chi connectivity index (χ2v) is 3.04. The van der Waals surface area contributed by atoms with Crippen molar-refractivity contribution in [2.45, 2.75) is 19.4 Å². The Morgan fingerprint density at radius 2 is 2.09 bits per heavy atom. The highest BCUT2D eigenvalue weighted by Gasteiger charge is 2.11. The van der Waals surface area contributed by atoms with Crippen molar-refractivity contribution in [3.63, 3.8) is 0 Å². The van der Waals surface area contributed by atoms with Gasteiger partial charge in [0.25, 0.3) is 0 Å². The van der Waals surface area contributed by atoms with Gasteiger partial charge in [-0.3, -0.25) is 0 Å². The molecule has 0 saturated carbocycles. The fourth-order valence-electron chi connectivity index (χ4n) is 1.50. The molecule has 1 heteroatoms. The normalized spacial score (nSPS) is 13.9. The number of fused-ring (bicyclic) bond motifs is 1. The standard InChI is InChI=1S/C10H12O/c1-11-7-8-2-3-9-4-5-10(9)6-8/h2-3,6H,4-5,7H2,1H3. The molecule has 0 aliphatic heterocycles. The molecule has 1 aliphatic rings. The van der Waals surface area contributed by atoms with Crippen LogP contribution in [0.15, 0.2) is 18.2 Å². The Kier molecular flexibility index (Phi) is 1.66. The summed E-state index contributed by atoms with van der Waals surface area (Å²) in [5, 5.41) is 0. The molecule has 2 rings (SSSR count). The van der Waals surface area contributed by atoms with E-state index in [0.29, 0.717) is 0 Å². The summed E-state index contributed by atoms with van der Waals surface area (Å²) in [6, 6.07) is 6.62. The van der Waals surface area contributed by atoms with Crippen LogP contribution in [0.2, 0.25) is 0 Å². The molecule has 0 bridgehead atoms. The van der Waals surface area contributed by atoms with Crippen molar-refractivity contribution in [1.82, 2.24) is 0 Å². The summed E-state index contributed by atoms with van der Waals surface area (Å²) in [5.74, 6) is 0. The van der Waals surface area contributed by atoms with Crippen LogP contribution in [0.5, 0.6) is 0 Å². The van der Waals surface area contributed by atoms with E-state index in [2.05, 4.69) is 18.2 Å². The van der Waals surface area contributed by atoms with E-state index in [-0.39, 0.29) is 0 Å². The summed E-state index contributed by atoms with van der Waals surface area (Å²) in [6.45, 7) is 0.743. The van der Waals surface area contributed by atoms with Crippen LogP contribution in [0.25, 0.3) is 0 Å². The van der Waals surface area contributed by atoms with Gasteiger partial charge >= 0.3 is 0 Å². The molecule has 0 radical (unpaired) electrons. The third-order valence-electron chi connectivity index (χ3n) is 2.25. The van der Waals surface area contributed by atoms with E-state index in [1.165, 1.54) is 29.5 Å². The fraction of sp³-hybridized carbons (Fsp3) is 0.400. The second-order valence-electron chi connectivity index (χ2n) is 3.04. The third kappa shape index (κ3) is 1.16. The Hall–Kier alpha value is -0.820. The van der Waals surface area contributed by atoms with E-state index >= 15 is 0 Å². The number of rotatable bonds is 2. The number of ether oxygens (including phenoxy) is 1. The van der Waals surface area contributed by atoms with Crippen molar-refractivity contribution in [3.05, 3.63) is 34.9 Å². The highest BCUT2D eigenvalue weighted by Crippen LogP contribution is 2.23. The summed E-state index contributed by atoms with van der Waals surface area (Å²) in [4.78, 5) is 0. The van der Waals surface area contributed by atoms with Crippen LogP contribution in [-0.2, 0) is 24.2 Å². The van der Waals surface area contributed by atoms with Gasteiger partial charge in [0.2, 0.25) is 0 Å². The average molecular weight is 148 g/mol. The molecule has 0 heterocycles. The highest BCUT2D eigenvalue weighted by molar-refractivity contribution is 5.38. The third-order valence-corrected chi connectivity index (χ3v) is 2.25. The fourth-order valence-corrected chi connectivity index (χ4v) is 1.50. The quantitative estimate of drug-likeness (QED) is 0.622. The Morgan fingerprint density at radius 3 is 2.64 bits per heavy atom. The molecule has 58 valence electrons. The van der Waals surface area contributed by atoms with Crippen molar-refractivity contribution in [2.24, 2.45) is 0 Å². The predicted molar refractivity (Wildman–Crippen MR) is 44.6 cm³/mol. The van der Waals surface area contributed by atoms with Gasteiger partial charge in [-0.25, -0.2) is 0 Å². The van der Waals surface area contributed by atoms with Gasteiger partial charge in [-0.2, -0.15) is 0 Å². The van der Waals surface area contributed by atoms with Crippen LogP contribution in [0, 0.1) is 0 Å². The van der Waals surface area contributed by atoms with Gasteiger partial charge in [-0.05, 0) is 29.5 Å². The van der Waals surface area contributed by atoms with Crippen LogP contribution in [-0.4, -0.2) is 7.11 Å². The topological polar surface area (TPSA) is 9.23 Å². The molecule has 0 atom stereocenters. The van der Waals surface area contributed by atoms with Crippen LogP contribution in [0.1, 0.15) is 16.7 Å². The lowest BCUT2D eigenvalue weighted by Gasteiger charge is -2.18. The molecule has 0 unspecified atom stereocenters. The SMILES string of the molecule is COCc1ccc2c(c1)CC2. The first kappa shape index (κ1) is 6.86. The van der Waals surface area contributed by atoms with Crippen LogP contribution in [0.3, 0.4) is 0 Å². The molecule has 1 aliphatic carbocycles. The van der Waals surface area contributed by atoms with E-state index in [0.717, 1.165) is 6.61 Å². The Bertz CT molecular complexity index is 266. The van der Waals surface area contributed by atoms with E-state index in [1.807, 2.05) is 0 Å². The van der Waals surface area contributed by atoms with Gasteiger partial charge in [-0.1, -0.05) is 18.2 Å². The molecule has 0 fully saturated rings. The summed E-state index contributed by atoms with van der Waals surface area (Å²) < 4.78 is 5.05. The average Bonchev–Trinajstić information content (AvgIpc) is 1.96. The van der Waals surface area contributed by atoms with Gasteiger partial charge in [0.1, 0.15) is 0 Å². The number of aryl methyl sites for hydroxylation is 2. The maximum Gasteiger partial charge on any atom is 0.0713 e. The second kappa shape index (κ2) is 2.67. The molecule has 11 heavy (non-hydrogen) atoms. The number of methoxy groups -OCH3 is 1. The Balaban J connectivity index is 2.24. The van der Waals surface area contributed by atoms with E-state index in [4.69, 9.17) is 4.74 Å². The monoisotopic (exact) mass is 148 g/mol. The number of benzene rings is 1. The highest BCUT2D eigenvalue weighted by atomic mass is 16.5. The first-order valence-electron chi connectivity index (χ1n) is 4.00. The van der Waals surface area contributed by atoms with Gasteiger partial charge in [0.15, 0.2) is 0 Å². The summed E-state index contributed by atoms with van der Waals surface area (Å²) in [5.41, 5.74) is 4.33. The lowest BCUT2D eigenvalue weighted by Crippen LogP contribution is -2.08. The lowest BCUT2D eigenvalue weighted by molar-refractivity contribution is 0.185. The predicted octanol–water partition coefficient (Wildman–Crippen LogP) is 1.93. The smallest absolute Gasteiger partial charge is 0.0713 e. The van der Waals surface area contributed by atoms with Crippen LogP contribution in [0.4, 0.5) is 0 Å². The molecule has 0 N–H and O–H groups in total. The zero-order valence-corrected chi connectivity index (χ0v) is 6.76. The Labute approximate surface area is 67.0 Å². The summed E-state index contributed by atoms with van der Waals surface area (Å²) in [6.07, 6.45) is 2.52. The van der Waals surface area contributed by atoms with Crippen LogP contribution < -0.4 is 0 Å². The summed E-state index contributed by atoms with van der Waals surface area (Å²) in [7, 11) is 1.74. The van der Waals surface area contributed by atoms with Crippen molar-refractivity contribution in [3.8, 4) is 0 Å². The molecule has 0 spiro atoms. The maximum atomic E-state index is 5.05. The van der Waals surface area contributed by atoms with E-state index in [9.17, 15) is 0 Å². The molecule has 0 amide bonds. The minimum absolute atomic E-state index is 0.743. The molecular formula is C10H12O. The van der Waals surface area contributed by atoms with Crippen LogP contribution >= 0.6 is 0 Å². The zero-order chi connectivity index (χ0) is 7.68. The minimum atomic E-state index is 0.743.